The molecule has 0 aliphatic carbocycles. The summed E-state index contributed by atoms with van der Waals surface area (Å²) in [5.74, 6) is 0.876. The van der Waals surface area contributed by atoms with Crippen molar-refractivity contribution >= 4 is 0 Å². The van der Waals surface area contributed by atoms with E-state index in [1.165, 1.54) is 39.0 Å². The van der Waals surface area contributed by atoms with Crippen LogP contribution in [0.2, 0.25) is 0 Å². The fraction of sp³-hybridized carbons (Fsp3) is 1.00. The molecule has 2 nitrogen and oxygen atoms in total. The molecule has 1 aliphatic rings. The Balaban J connectivity index is 2.21. The monoisotopic (exact) mass is 198 g/mol. The van der Waals surface area contributed by atoms with Gasteiger partial charge in [0.05, 0.1) is 0 Å². The first-order valence-corrected chi connectivity index (χ1v) is 6.00. The Bertz CT molecular complexity index is 160. The van der Waals surface area contributed by atoms with Crippen LogP contribution in [0.25, 0.3) is 0 Å². The number of nitrogens with zero attached hydrogens (tertiary/aromatic N) is 1. The average molecular weight is 198 g/mol. The van der Waals surface area contributed by atoms with Gasteiger partial charge in [0.2, 0.25) is 0 Å². The van der Waals surface area contributed by atoms with Gasteiger partial charge in [-0.25, -0.2) is 0 Å². The first-order chi connectivity index (χ1) is 6.54. The maximum Gasteiger partial charge on any atom is 0.0125 e. The summed E-state index contributed by atoms with van der Waals surface area (Å²) in [5.41, 5.74) is 0.361. The lowest BCUT2D eigenvalue weighted by Crippen LogP contribution is -2.40. The fourth-order valence-corrected chi connectivity index (χ4v) is 2.09. The van der Waals surface area contributed by atoms with E-state index in [2.05, 4.69) is 37.9 Å². The summed E-state index contributed by atoms with van der Waals surface area (Å²) in [6, 6.07) is 0. The highest BCUT2D eigenvalue weighted by Gasteiger charge is 2.29. The van der Waals surface area contributed by atoms with Crippen molar-refractivity contribution in [3.05, 3.63) is 0 Å². The molecule has 1 aliphatic heterocycles. The summed E-state index contributed by atoms with van der Waals surface area (Å²) in [6.07, 6.45) is 2.61. The predicted molar refractivity (Wildman–Crippen MR) is 62.6 cm³/mol. The Hall–Kier alpha value is -0.0800. The van der Waals surface area contributed by atoms with Crippen LogP contribution in [0.15, 0.2) is 0 Å². The molecule has 1 N–H and O–H groups in total. The third-order valence-corrected chi connectivity index (χ3v) is 3.09. The molecular weight excluding hydrogens is 172 g/mol. The van der Waals surface area contributed by atoms with E-state index in [-0.39, 0.29) is 0 Å². The van der Waals surface area contributed by atoms with Crippen LogP contribution in [0.3, 0.4) is 0 Å². The normalized spacial score (nSPS) is 24.4. The van der Waals surface area contributed by atoms with Crippen molar-refractivity contribution in [3.8, 4) is 0 Å². The highest BCUT2D eigenvalue weighted by Crippen LogP contribution is 2.23. The molecule has 1 atom stereocenters. The van der Waals surface area contributed by atoms with Crippen LogP contribution < -0.4 is 5.32 Å². The fourth-order valence-electron chi connectivity index (χ4n) is 2.09. The van der Waals surface area contributed by atoms with E-state index in [1.54, 1.807) is 0 Å². The maximum absolute atomic E-state index is 3.52. The molecule has 2 heteroatoms. The second-order valence-corrected chi connectivity index (χ2v) is 5.48. The minimum absolute atomic E-state index is 0.361. The van der Waals surface area contributed by atoms with Crippen LogP contribution in [-0.4, -0.2) is 36.6 Å². The van der Waals surface area contributed by atoms with E-state index in [4.69, 9.17) is 0 Å². The van der Waals surface area contributed by atoms with Crippen molar-refractivity contribution in [1.29, 1.82) is 0 Å². The van der Waals surface area contributed by atoms with Gasteiger partial charge in [0.25, 0.3) is 0 Å². The molecule has 84 valence electrons. The van der Waals surface area contributed by atoms with E-state index in [0.29, 0.717) is 5.54 Å². The van der Waals surface area contributed by atoms with Crippen LogP contribution >= 0.6 is 0 Å². The smallest absolute Gasteiger partial charge is 0.0125 e. The SMILES string of the molecule is CCCNCC1CCN(C(C)(C)C)C1. The molecule has 1 rings (SSSR count). The van der Waals surface area contributed by atoms with Crippen molar-refractivity contribution in [3.63, 3.8) is 0 Å². The molecule has 0 radical (unpaired) electrons. The molecule has 0 aromatic heterocycles. The van der Waals surface area contributed by atoms with Crippen LogP contribution in [0, 0.1) is 5.92 Å². The minimum atomic E-state index is 0.361. The Morgan fingerprint density at radius 1 is 1.36 bits per heavy atom. The molecule has 1 fully saturated rings. The molecule has 1 unspecified atom stereocenters. The highest BCUT2D eigenvalue weighted by atomic mass is 15.2. The lowest BCUT2D eigenvalue weighted by Gasteiger charge is -2.31. The van der Waals surface area contributed by atoms with Gasteiger partial charge in [-0.2, -0.15) is 0 Å². The zero-order chi connectivity index (χ0) is 10.6. The largest absolute Gasteiger partial charge is 0.316 e. The standard InChI is InChI=1S/C12H26N2/c1-5-7-13-9-11-6-8-14(10-11)12(2,3)4/h11,13H,5-10H2,1-4H3. The average Bonchev–Trinajstić information content (AvgIpc) is 2.52. The van der Waals surface area contributed by atoms with Gasteiger partial charge in [0.15, 0.2) is 0 Å². The lowest BCUT2D eigenvalue weighted by molar-refractivity contribution is 0.168. The van der Waals surface area contributed by atoms with Crippen LogP contribution in [0.4, 0.5) is 0 Å². The molecule has 14 heavy (non-hydrogen) atoms. The number of likely N-dealkylation sites (tertiary alicyclic amines) is 1. The maximum atomic E-state index is 3.52. The lowest BCUT2D eigenvalue weighted by atomic mass is 10.1. The second kappa shape index (κ2) is 5.13. The first-order valence-electron chi connectivity index (χ1n) is 6.00. The predicted octanol–water partition coefficient (Wildman–Crippen LogP) is 2.11. The summed E-state index contributed by atoms with van der Waals surface area (Å²) < 4.78 is 0. The minimum Gasteiger partial charge on any atom is -0.316 e. The molecule has 0 saturated carbocycles. The summed E-state index contributed by atoms with van der Waals surface area (Å²) in [6.45, 7) is 14.1. The Labute approximate surface area is 89.1 Å². The van der Waals surface area contributed by atoms with Gasteiger partial charge >= 0.3 is 0 Å². The van der Waals surface area contributed by atoms with Crippen molar-refractivity contribution in [1.82, 2.24) is 10.2 Å². The summed E-state index contributed by atoms with van der Waals surface area (Å²) in [5, 5.41) is 3.52. The topological polar surface area (TPSA) is 15.3 Å². The van der Waals surface area contributed by atoms with Crippen molar-refractivity contribution in [2.45, 2.75) is 46.1 Å². The van der Waals surface area contributed by atoms with E-state index < -0.39 is 0 Å². The van der Waals surface area contributed by atoms with Gasteiger partial charge in [-0.15, -0.1) is 0 Å². The Morgan fingerprint density at radius 2 is 2.07 bits per heavy atom. The van der Waals surface area contributed by atoms with E-state index in [1.807, 2.05) is 0 Å². The molecule has 0 spiro atoms. The van der Waals surface area contributed by atoms with Gasteiger partial charge in [-0.3, -0.25) is 4.90 Å². The first kappa shape index (κ1) is 12.0. The third-order valence-electron chi connectivity index (χ3n) is 3.09. The van der Waals surface area contributed by atoms with Gasteiger partial charge < -0.3 is 5.32 Å². The van der Waals surface area contributed by atoms with Crippen molar-refractivity contribution in [2.24, 2.45) is 5.92 Å². The number of hydrogen-bond donors (Lipinski definition) is 1. The van der Waals surface area contributed by atoms with Crippen LogP contribution in [0.1, 0.15) is 40.5 Å². The zero-order valence-corrected chi connectivity index (χ0v) is 10.3. The van der Waals surface area contributed by atoms with E-state index in [0.717, 1.165) is 5.92 Å². The number of rotatable bonds is 4. The molecule has 0 bridgehead atoms. The molecule has 0 aromatic carbocycles. The Morgan fingerprint density at radius 3 is 2.57 bits per heavy atom. The number of hydrogen-bond acceptors (Lipinski definition) is 2. The van der Waals surface area contributed by atoms with E-state index in [9.17, 15) is 0 Å². The van der Waals surface area contributed by atoms with E-state index >= 15 is 0 Å². The van der Waals surface area contributed by atoms with Gasteiger partial charge in [-0.05, 0) is 59.2 Å². The molecule has 0 aromatic rings. The highest BCUT2D eigenvalue weighted by molar-refractivity contribution is 4.85. The summed E-state index contributed by atoms with van der Waals surface area (Å²) in [7, 11) is 0. The van der Waals surface area contributed by atoms with Gasteiger partial charge in [0, 0.05) is 12.1 Å². The molecular formula is C12H26N2. The van der Waals surface area contributed by atoms with Crippen molar-refractivity contribution < 1.29 is 0 Å². The summed E-state index contributed by atoms with van der Waals surface area (Å²) >= 11 is 0. The van der Waals surface area contributed by atoms with Crippen LogP contribution in [-0.2, 0) is 0 Å². The quantitative estimate of drug-likeness (QED) is 0.696. The molecule has 0 amide bonds. The Kier molecular flexibility index (Phi) is 4.39. The van der Waals surface area contributed by atoms with Crippen molar-refractivity contribution in [2.75, 3.05) is 26.2 Å². The number of nitrogens with one attached hydrogen (secondary N) is 1. The van der Waals surface area contributed by atoms with Crippen LogP contribution in [0.5, 0.6) is 0 Å². The molecule has 1 heterocycles. The summed E-state index contributed by atoms with van der Waals surface area (Å²) in [4.78, 5) is 2.60. The van der Waals surface area contributed by atoms with Gasteiger partial charge in [0.1, 0.15) is 0 Å². The molecule has 1 saturated heterocycles. The third kappa shape index (κ3) is 3.58. The second-order valence-electron chi connectivity index (χ2n) is 5.48. The van der Waals surface area contributed by atoms with Gasteiger partial charge in [-0.1, -0.05) is 6.92 Å². The zero-order valence-electron chi connectivity index (χ0n) is 10.3.